The summed E-state index contributed by atoms with van der Waals surface area (Å²) in [5.74, 6) is -1.09. The van der Waals surface area contributed by atoms with Gasteiger partial charge in [0.25, 0.3) is 5.91 Å². The van der Waals surface area contributed by atoms with Gasteiger partial charge >= 0.3 is 5.97 Å². The predicted octanol–water partition coefficient (Wildman–Crippen LogP) is 5.06. The van der Waals surface area contributed by atoms with E-state index in [-0.39, 0.29) is 26.8 Å². The highest BCUT2D eigenvalue weighted by atomic mass is 35.5. The molecule has 0 saturated carbocycles. The van der Waals surface area contributed by atoms with Crippen LogP contribution in [0.5, 0.6) is 0 Å². The van der Waals surface area contributed by atoms with Crippen LogP contribution in [0.1, 0.15) is 48.7 Å². The van der Waals surface area contributed by atoms with E-state index in [2.05, 4.69) is 4.98 Å². The molecule has 0 fully saturated rings. The number of carbonyl (C=O) groups excluding carboxylic acids is 2. The highest BCUT2D eigenvalue weighted by Gasteiger charge is 2.45. The molecular formula is C24H17ClN2O5S. The zero-order valence-corrected chi connectivity index (χ0v) is 19.4. The lowest BCUT2D eigenvalue weighted by Gasteiger charge is -2.22. The number of ether oxygens (including phenoxy) is 1. The Kier molecular flexibility index (Phi) is 5.07. The molecule has 2 aromatic heterocycles. The Morgan fingerprint density at radius 3 is 2.58 bits per heavy atom. The van der Waals surface area contributed by atoms with Gasteiger partial charge in [-0.05, 0) is 43.7 Å². The minimum absolute atomic E-state index is 0.0382. The van der Waals surface area contributed by atoms with Gasteiger partial charge in [-0.2, -0.15) is 0 Å². The SMILES string of the molecule is COC(=O)c1sc(N2C(=O)c3oc4ccc(C)cc4c(=O)c3C2c2ccc(Cl)cc2)nc1C. The normalized spacial score (nSPS) is 15.2. The number of methoxy groups -OCH3 is 1. The van der Waals surface area contributed by atoms with Crippen molar-refractivity contribution in [1.29, 1.82) is 0 Å². The van der Waals surface area contributed by atoms with E-state index in [1.54, 1.807) is 43.3 Å². The third-order valence-corrected chi connectivity index (χ3v) is 6.96. The molecule has 1 aliphatic heterocycles. The monoisotopic (exact) mass is 480 g/mol. The van der Waals surface area contributed by atoms with Crippen LogP contribution in [-0.2, 0) is 4.74 Å². The highest BCUT2D eigenvalue weighted by Crippen LogP contribution is 2.43. The van der Waals surface area contributed by atoms with E-state index < -0.39 is 17.9 Å². The number of halogens is 1. The first-order chi connectivity index (χ1) is 15.8. The number of hydrogen-bond donors (Lipinski definition) is 0. The molecule has 9 heteroatoms. The number of amides is 1. The Morgan fingerprint density at radius 2 is 1.88 bits per heavy atom. The van der Waals surface area contributed by atoms with Crippen molar-refractivity contribution in [3.8, 4) is 0 Å². The fourth-order valence-electron chi connectivity index (χ4n) is 4.01. The maximum atomic E-state index is 13.6. The smallest absolute Gasteiger partial charge is 0.350 e. The van der Waals surface area contributed by atoms with Gasteiger partial charge in [-0.1, -0.05) is 46.7 Å². The summed E-state index contributed by atoms with van der Waals surface area (Å²) in [5, 5.41) is 1.19. The second-order valence-corrected chi connectivity index (χ2v) is 9.12. The summed E-state index contributed by atoms with van der Waals surface area (Å²) >= 11 is 7.11. The Hall–Kier alpha value is -3.49. The average Bonchev–Trinajstić information content (AvgIpc) is 3.32. The summed E-state index contributed by atoms with van der Waals surface area (Å²) in [6, 6.07) is 11.3. The van der Waals surface area contributed by atoms with E-state index in [4.69, 9.17) is 20.8 Å². The molecule has 1 atom stereocenters. The van der Waals surface area contributed by atoms with Gasteiger partial charge in [-0.15, -0.1) is 0 Å². The third-order valence-electron chi connectivity index (χ3n) is 5.57. The number of aromatic nitrogens is 1. The number of nitrogens with zero attached hydrogens (tertiary/aromatic N) is 2. The molecule has 1 unspecified atom stereocenters. The molecule has 2 aromatic carbocycles. The molecule has 0 spiro atoms. The second-order valence-electron chi connectivity index (χ2n) is 7.71. The summed E-state index contributed by atoms with van der Waals surface area (Å²) in [5.41, 5.74) is 2.27. The molecule has 0 N–H and O–H groups in total. The molecule has 3 heterocycles. The van der Waals surface area contributed by atoms with Crippen molar-refractivity contribution in [2.24, 2.45) is 0 Å². The third kappa shape index (κ3) is 3.34. The molecule has 33 heavy (non-hydrogen) atoms. The van der Waals surface area contributed by atoms with Crippen LogP contribution in [0.15, 0.2) is 51.7 Å². The van der Waals surface area contributed by atoms with Gasteiger partial charge in [-0.25, -0.2) is 9.78 Å². The van der Waals surface area contributed by atoms with Crippen LogP contribution < -0.4 is 10.3 Å². The number of benzene rings is 2. The molecule has 1 amide bonds. The molecule has 4 aromatic rings. The van der Waals surface area contributed by atoms with Crippen molar-refractivity contribution >= 4 is 50.9 Å². The fraction of sp³-hybridized carbons (Fsp3) is 0.167. The number of thiazole rings is 1. The van der Waals surface area contributed by atoms with E-state index in [0.717, 1.165) is 16.9 Å². The van der Waals surface area contributed by atoms with Crippen molar-refractivity contribution in [1.82, 2.24) is 4.98 Å². The van der Waals surface area contributed by atoms with E-state index in [0.29, 0.717) is 27.2 Å². The maximum Gasteiger partial charge on any atom is 0.350 e. The van der Waals surface area contributed by atoms with Crippen LogP contribution in [0.2, 0.25) is 5.02 Å². The standard InChI is InChI=1S/C24H17ClN2O5S/c1-11-4-9-16-15(10-11)19(28)17-18(13-5-7-14(25)8-6-13)27(22(29)20(17)32-16)24-26-12(2)21(33-24)23(30)31-3/h4-10,18H,1-3H3. The lowest BCUT2D eigenvalue weighted by atomic mass is 9.98. The Bertz CT molecular complexity index is 1510. The van der Waals surface area contributed by atoms with Crippen LogP contribution in [0, 0.1) is 13.8 Å². The van der Waals surface area contributed by atoms with Crippen LogP contribution in [0.3, 0.4) is 0 Å². The molecule has 166 valence electrons. The van der Waals surface area contributed by atoms with Gasteiger partial charge in [0.2, 0.25) is 5.76 Å². The van der Waals surface area contributed by atoms with Gasteiger partial charge in [-0.3, -0.25) is 14.5 Å². The minimum atomic E-state index is -0.790. The summed E-state index contributed by atoms with van der Waals surface area (Å²) in [6.45, 7) is 3.55. The van der Waals surface area contributed by atoms with Crippen molar-refractivity contribution in [3.05, 3.63) is 90.7 Å². The molecule has 0 bridgehead atoms. The first-order valence-corrected chi connectivity index (χ1v) is 11.2. The minimum Gasteiger partial charge on any atom is -0.465 e. The molecule has 1 aliphatic rings. The molecule has 7 nitrogen and oxygen atoms in total. The van der Waals surface area contributed by atoms with E-state index in [1.165, 1.54) is 12.0 Å². The number of hydrogen-bond acceptors (Lipinski definition) is 7. The topological polar surface area (TPSA) is 89.7 Å². The first kappa shape index (κ1) is 21.4. The van der Waals surface area contributed by atoms with Gasteiger partial charge < -0.3 is 9.15 Å². The second kappa shape index (κ2) is 7.83. The zero-order chi connectivity index (χ0) is 23.4. The lowest BCUT2D eigenvalue weighted by Crippen LogP contribution is -2.29. The Labute approximate surface area is 197 Å². The summed E-state index contributed by atoms with van der Waals surface area (Å²) < 4.78 is 10.8. The van der Waals surface area contributed by atoms with Gasteiger partial charge in [0.05, 0.1) is 29.8 Å². The summed E-state index contributed by atoms with van der Waals surface area (Å²) in [6.07, 6.45) is 0. The van der Waals surface area contributed by atoms with Crippen LogP contribution in [-0.4, -0.2) is 24.0 Å². The van der Waals surface area contributed by atoms with E-state index in [9.17, 15) is 14.4 Å². The molecule has 0 aliphatic carbocycles. The Balaban J connectivity index is 1.78. The number of anilines is 1. The van der Waals surface area contributed by atoms with Crippen LogP contribution in [0.4, 0.5) is 5.13 Å². The summed E-state index contributed by atoms with van der Waals surface area (Å²) in [4.78, 5) is 45.5. The van der Waals surface area contributed by atoms with Crippen LogP contribution >= 0.6 is 22.9 Å². The maximum absolute atomic E-state index is 13.6. The quantitative estimate of drug-likeness (QED) is 0.381. The van der Waals surface area contributed by atoms with Crippen molar-refractivity contribution in [2.45, 2.75) is 19.9 Å². The number of fused-ring (bicyclic) bond motifs is 2. The average molecular weight is 481 g/mol. The van der Waals surface area contributed by atoms with Crippen molar-refractivity contribution in [2.75, 3.05) is 12.0 Å². The highest BCUT2D eigenvalue weighted by molar-refractivity contribution is 7.17. The number of aryl methyl sites for hydroxylation is 2. The van der Waals surface area contributed by atoms with Crippen LogP contribution in [0.25, 0.3) is 11.0 Å². The predicted molar refractivity (Wildman–Crippen MR) is 126 cm³/mol. The number of carbonyl (C=O) groups is 2. The molecular weight excluding hydrogens is 464 g/mol. The number of esters is 1. The summed E-state index contributed by atoms with van der Waals surface area (Å²) in [7, 11) is 1.28. The van der Waals surface area contributed by atoms with Gasteiger partial charge in [0.1, 0.15) is 10.5 Å². The van der Waals surface area contributed by atoms with E-state index >= 15 is 0 Å². The molecule has 0 saturated heterocycles. The largest absolute Gasteiger partial charge is 0.465 e. The van der Waals surface area contributed by atoms with Crippen molar-refractivity contribution < 1.29 is 18.7 Å². The van der Waals surface area contributed by atoms with E-state index in [1.807, 2.05) is 13.0 Å². The lowest BCUT2D eigenvalue weighted by molar-refractivity contribution is 0.0605. The first-order valence-electron chi connectivity index (χ1n) is 10.0. The van der Waals surface area contributed by atoms with Gasteiger partial charge in [0, 0.05) is 5.02 Å². The zero-order valence-electron chi connectivity index (χ0n) is 17.8. The van der Waals surface area contributed by atoms with Gasteiger partial charge in [0.15, 0.2) is 10.6 Å². The molecule has 0 radical (unpaired) electrons. The van der Waals surface area contributed by atoms with Crippen molar-refractivity contribution in [3.63, 3.8) is 0 Å². The number of rotatable bonds is 3. The fourth-order valence-corrected chi connectivity index (χ4v) is 5.15. The Morgan fingerprint density at radius 1 is 1.15 bits per heavy atom. The molecule has 5 rings (SSSR count).